The summed E-state index contributed by atoms with van der Waals surface area (Å²) in [4.78, 5) is 28.4. The second-order valence-electron chi connectivity index (χ2n) is 7.24. The fraction of sp³-hybridized carbons (Fsp3) is 0.500. The lowest BCUT2D eigenvalue weighted by Crippen LogP contribution is -2.35. The number of aryl methyl sites for hydroxylation is 1. The highest BCUT2D eigenvalue weighted by atomic mass is 16.2. The second kappa shape index (κ2) is 7.40. The van der Waals surface area contributed by atoms with Gasteiger partial charge in [0.2, 0.25) is 5.91 Å². The van der Waals surface area contributed by atoms with Crippen LogP contribution >= 0.6 is 0 Å². The van der Waals surface area contributed by atoms with Crippen molar-refractivity contribution in [3.8, 4) is 0 Å². The molecule has 0 unspecified atom stereocenters. The third kappa shape index (κ3) is 3.54. The van der Waals surface area contributed by atoms with Crippen molar-refractivity contribution in [3.05, 3.63) is 42.0 Å². The number of carbonyl (C=O) groups excluding carboxylic acids is 1. The van der Waals surface area contributed by atoms with Gasteiger partial charge in [-0.05, 0) is 44.7 Å². The predicted molar refractivity (Wildman–Crippen MR) is 99.9 cm³/mol. The van der Waals surface area contributed by atoms with E-state index >= 15 is 0 Å². The molecule has 1 aliphatic heterocycles. The summed E-state index contributed by atoms with van der Waals surface area (Å²) in [6.07, 6.45) is 8.19. The van der Waals surface area contributed by atoms with E-state index in [1.165, 1.54) is 12.8 Å². The molecule has 2 fully saturated rings. The summed E-state index contributed by atoms with van der Waals surface area (Å²) in [6, 6.07) is 7.75. The Hall–Kier alpha value is -2.50. The van der Waals surface area contributed by atoms with Gasteiger partial charge in [-0.3, -0.25) is 4.79 Å². The Morgan fingerprint density at radius 2 is 1.96 bits per heavy atom. The first-order valence-electron chi connectivity index (χ1n) is 9.55. The fourth-order valence-electron chi connectivity index (χ4n) is 4.14. The predicted octanol–water partition coefficient (Wildman–Crippen LogP) is 3.78. The summed E-state index contributed by atoms with van der Waals surface area (Å²) >= 11 is 0. The minimum Gasteiger partial charge on any atom is -0.334 e. The van der Waals surface area contributed by atoms with Gasteiger partial charge in [0.05, 0.1) is 11.7 Å². The smallest absolute Gasteiger partial charge is 0.226 e. The highest BCUT2D eigenvalue weighted by Gasteiger charge is 2.35. The molecule has 6 heteroatoms. The number of anilines is 2. The number of carbonyl (C=O) groups is 1. The van der Waals surface area contributed by atoms with Gasteiger partial charge in [0.25, 0.3) is 0 Å². The van der Waals surface area contributed by atoms with Crippen molar-refractivity contribution in [1.82, 2.24) is 19.9 Å². The van der Waals surface area contributed by atoms with Gasteiger partial charge in [-0.1, -0.05) is 18.9 Å². The van der Waals surface area contributed by atoms with Crippen LogP contribution in [0.3, 0.4) is 0 Å². The number of likely N-dealkylation sites (tertiary alicyclic amines) is 1. The van der Waals surface area contributed by atoms with Gasteiger partial charge in [0.15, 0.2) is 0 Å². The average Bonchev–Trinajstić information content (AvgIpc) is 3.33. The maximum atomic E-state index is 12.9. The van der Waals surface area contributed by atoms with Crippen LogP contribution in [0, 0.1) is 12.8 Å². The fourth-order valence-corrected chi connectivity index (χ4v) is 4.14. The van der Waals surface area contributed by atoms with Crippen LogP contribution in [-0.2, 0) is 4.79 Å². The Labute approximate surface area is 154 Å². The van der Waals surface area contributed by atoms with E-state index in [1.807, 2.05) is 31.2 Å². The van der Waals surface area contributed by atoms with E-state index in [0.29, 0.717) is 11.7 Å². The zero-order chi connectivity index (χ0) is 17.9. The number of amides is 1. The summed E-state index contributed by atoms with van der Waals surface area (Å²) in [7, 11) is 0. The van der Waals surface area contributed by atoms with E-state index in [2.05, 4.69) is 25.2 Å². The normalized spacial score (nSPS) is 20.5. The first kappa shape index (κ1) is 16.9. The van der Waals surface area contributed by atoms with Crippen LogP contribution in [0.15, 0.2) is 30.5 Å². The molecule has 0 bridgehead atoms. The Balaban J connectivity index is 1.57. The van der Waals surface area contributed by atoms with Gasteiger partial charge < -0.3 is 10.2 Å². The maximum absolute atomic E-state index is 12.9. The van der Waals surface area contributed by atoms with E-state index in [-0.39, 0.29) is 12.0 Å². The van der Waals surface area contributed by atoms with Crippen LogP contribution < -0.4 is 5.32 Å². The first-order valence-corrected chi connectivity index (χ1v) is 9.55. The monoisotopic (exact) mass is 351 g/mol. The van der Waals surface area contributed by atoms with Crippen molar-refractivity contribution in [2.24, 2.45) is 5.92 Å². The molecule has 1 atom stereocenters. The number of rotatable bonds is 4. The van der Waals surface area contributed by atoms with Crippen LogP contribution in [0.4, 0.5) is 11.6 Å². The molecule has 1 saturated carbocycles. The zero-order valence-corrected chi connectivity index (χ0v) is 15.2. The van der Waals surface area contributed by atoms with Crippen LogP contribution in [0.1, 0.15) is 56.1 Å². The largest absolute Gasteiger partial charge is 0.334 e. The molecule has 1 aliphatic carbocycles. The molecule has 2 aromatic heterocycles. The molecule has 0 spiro atoms. The summed E-state index contributed by atoms with van der Waals surface area (Å²) in [5.41, 5.74) is 0.930. The first-order chi connectivity index (χ1) is 12.7. The van der Waals surface area contributed by atoms with E-state index in [0.717, 1.165) is 49.6 Å². The van der Waals surface area contributed by atoms with Gasteiger partial charge >= 0.3 is 0 Å². The van der Waals surface area contributed by atoms with Crippen molar-refractivity contribution >= 4 is 17.5 Å². The van der Waals surface area contributed by atoms with Crippen LogP contribution in [0.5, 0.6) is 0 Å². The van der Waals surface area contributed by atoms with E-state index in [9.17, 15) is 4.79 Å². The topological polar surface area (TPSA) is 71.0 Å². The molecule has 6 nitrogen and oxygen atoms in total. The molecule has 4 rings (SSSR count). The molecule has 1 saturated heterocycles. The van der Waals surface area contributed by atoms with Crippen LogP contribution in [-0.4, -0.2) is 32.3 Å². The van der Waals surface area contributed by atoms with Gasteiger partial charge in [-0.2, -0.15) is 0 Å². The van der Waals surface area contributed by atoms with E-state index in [1.54, 1.807) is 6.20 Å². The Morgan fingerprint density at radius 1 is 1.12 bits per heavy atom. The number of nitrogens with one attached hydrogen (secondary N) is 1. The molecule has 2 aromatic rings. The lowest BCUT2D eigenvalue weighted by atomic mass is 10.0. The molecule has 1 amide bonds. The van der Waals surface area contributed by atoms with Crippen LogP contribution in [0.2, 0.25) is 0 Å². The summed E-state index contributed by atoms with van der Waals surface area (Å²) in [5.74, 6) is 2.72. The molecule has 0 radical (unpaired) electrons. The van der Waals surface area contributed by atoms with Crippen molar-refractivity contribution in [2.75, 3.05) is 11.9 Å². The van der Waals surface area contributed by atoms with Gasteiger partial charge in [0, 0.05) is 24.7 Å². The minimum absolute atomic E-state index is 0.0640. The number of pyridine rings is 1. The molecule has 26 heavy (non-hydrogen) atoms. The number of hydrogen-bond acceptors (Lipinski definition) is 5. The molecule has 0 aromatic carbocycles. The molecule has 1 N–H and O–H groups in total. The third-order valence-corrected chi connectivity index (χ3v) is 5.36. The van der Waals surface area contributed by atoms with Gasteiger partial charge in [0.1, 0.15) is 17.5 Å². The molecular weight excluding hydrogens is 326 g/mol. The molecular formula is C20H25N5O. The zero-order valence-electron chi connectivity index (χ0n) is 15.2. The van der Waals surface area contributed by atoms with Crippen LogP contribution in [0.25, 0.3) is 0 Å². The SMILES string of the molecule is Cc1nc(Nc2ccccn2)cc([C@@H]2CCCN2C(=O)C2CCCC2)n1. The molecule has 2 aliphatic rings. The number of nitrogens with zero attached hydrogens (tertiary/aromatic N) is 4. The van der Waals surface area contributed by atoms with Crippen molar-refractivity contribution in [2.45, 2.75) is 51.5 Å². The molecule has 3 heterocycles. The summed E-state index contributed by atoms with van der Waals surface area (Å²) in [6.45, 7) is 2.73. The van der Waals surface area contributed by atoms with Gasteiger partial charge in [-0.25, -0.2) is 15.0 Å². The molecule has 136 valence electrons. The quantitative estimate of drug-likeness (QED) is 0.908. The third-order valence-electron chi connectivity index (χ3n) is 5.36. The van der Waals surface area contributed by atoms with Crippen molar-refractivity contribution < 1.29 is 4.79 Å². The standard InChI is InChI=1S/C20H25N5O/c1-14-22-16(13-19(23-14)24-18-10-4-5-11-21-18)17-9-6-12-25(17)20(26)15-7-2-3-8-15/h4-5,10-11,13,15,17H,2-3,6-9,12H2,1H3,(H,21,22,23,24)/t17-/m0/s1. The van der Waals surface area contributed by atoms with E-state index in [4.69, 9.17) is 0 Å². The lowest BCUT2D eigenvalue weighted by Gasteiger charge is -2.27. The second-order valence-corrected chi connectivity index (χ2v) is 7.24. The minimum atomic E-state index is 0.0640. The summed E-state index contributed by atoms with van der Waals surface area (Å²) in [5, 5.41) is 3.24. The Morgan fingerprint density at radius 3 is 2.73 bits per heavy atom. The number of aromatic nitrogens is 3. The highest BCUT2D eigenvalue weighted by molar-refractivity contribution is 5.79. The maximum Gasteiger partial charge on any atom is 0.226 e. The highest BCUT2D eigenvalue weighted by Crippen LogP contribution is 2.36. The lowest BCUT2D eigenvalue weighted by molar-refractivity contribution is -0.136. The van der Waals surface area contributed by atoms with Crippen molar-refractivity contribution in [1.29, 1.82) is 0 Å². The average molecular weight is 351 g/mol. The Kier molecular flexibility index (Phi) is 4.82. The van der Waals surface area contributed by atoms with Crippen molar-refractivity contribution in [3.63, 3.8) is 0 Å². The Bertz CT molecular complexity index is 773. The van der Waals surface area contributed by atoms with Gasteiger partial charge in [-0.15, -0.1) is 0 Å². The summed E-state index contributed by atoms with van der Waals surface area (Å²) < 4.78 is 0. The van der Waals surface area contributed by atoms with E-state index < -0.39 is 0 Å². The number of hydrogen-bond donors (Lipinski definition) is 1.